The zero-order valence-electron chi connectivity index (χ0n) is 23.6. The summed E-state index contributed by atoms with van der Waals surface area (Å²) in [4.78, 5) is 22.2. The lowest BCUT2D eigenvalue weighted by atomic mass is 10.1. The van der Waals surface area contributed by atoms with Crippen molar-refractivity contribution in [1.82, 2.24) is 14.9 Å². The van der Waals surface area contributed by atoms with Crippen molar-refractivity contribution in [3.63, 3.8) is 0 Å². The molecule has 0 saturated carbocycles. The Morgan fingerprint density at radius 2 is 1.76 bits per heavy atom. The number of ether oxygens (including phenoxy) is 4. The maximum Gasteiger partial charge on any atom is 0.328 e. The van der Waals surface area contributed by atoms with Crippen LogP contribution in [0.5, 0.6) is 23.0 Å². The SMILES string of the molecule is COc1cc2ncnc(Nc3cc(/C=C/C(=O)O)cc(OC)c3OCc3ccccc3)c2cc1OCCCN(C)C. The molecule has 10 heteroatoms. The van der Waals surface area contributed by atoms with Gasteiger partial charge in [0.1, 0.15) is 18.8 Å². The summed E-state index contributed by atoms with van der Waals surface area (Å²) >= 11 is 0. The Morgan fingerprint density at radius 3 is 2.46 bits per heavy atom. The minimum Gasteiger partial charge on any atom is -0.493 e. The molecule has 0 bridgehead atoms. The van der Waals surface area contributed by atoms with Crippen LogP contribution in [0.4, 0.5) is 11.5 Å². The molecule has 1 aromatic heterocycles. The number of nitrogens with one attached hydrogen (secondary N) is 1. The quantitative estimate of drug-likeness (QED) is 0.154. The maximum atomic E-state index is 11.2. The summed E-state index contributed by atoms with van der Waals surface area (Å²) in [5.74, 6) is 1.47. The van der Waals surface area contributed by atoms with Crippen molar-refractivity contribution < 1.29 is 28.8 Å². The fourth-order valence-electron chi connectivity index (χ4n) is 4.14. The molecule has 10 nitrogen and oxygen atoms in total. The molecule has 0 saturated heterocycles. The molecule has 4 rings (SSSR count). The summed E-state index contributed by atoms with van der Waals surface area (Å²) in [7, 11) is 7.16. The van der Waals surface area contributed by atoms with E-state index in [0.717, 1.165) is 24.6 Å². The molecule has 214 valence electrons. The van der Waals surface area contributed by atoms with Crippen LogP contribution in [0, 0.1) is 0 Å². The van der Waals surface area contributed by atoms with Crippen LogP contribution >= 0.6 is 0 Å². The molecular weight excluding hydrogens is 524 g/mol. The smallest absolute Gasteiger partial charge is 0.328 e. The summed E-state index contributed by atoms with van der Waals surface area (Å²) in [6, 6.07) is 16.9. The Bertz CT molecular complexity index is 1510. The molecule has 0 spiro atoms. The van der Waals surface area contributed by atoms with Crippen LogP contribution in [0.2, 0.25) is 0 Å². The third-order valence-corrected chi connectivity index (χ3v) is 6.12. The molecule has 1 heterocycles. The van der Waals surface area contributed by atoms with E-state index in [1.54, 1.807) is 19.2 Å². The van der Waals surface area contributed by atoms with Crippen molar-refractivity contribution in [3.05, 3.63) is 78.1 Å². The Labute approximate surface area is 239 Å². The highest BCUT2D eigenvalue weighted by Crippen LogP contribution is 2.41. The van der Waals surface area contributed by atoms with Crippen LogP contribution in [0.3, 0.4) is 0 Å². The minimum atomic E-state index is -1.06. The Morgan fingerprint density at radius 1 is 0.976 bits per heavy atom. The molecule has 0 amide bonds. The van der Waals surface area contributed by atoms with Crippen molar-refractivity contribution in [2.24, 2.45) is 0 Å². The number of carbonyl (C=O) groups is 1. The number of nitrogens with zero attached hydrogens (tertiary/aromatic N) is 3. The van der Waals surface area contributed by atoms with Gasteiger partial charge in [-0.1, -0.05) is 30.3 Å². The number of aromatic nitrogens is 2. The first-order chi connectivity index (χ1) is 19.9. The highest BCUT2D eigenvalue weighted by Gasteiger charge is 2.17. The van der Waals surface area contributed by atoms with E-state index in [1.807, 2.05) is 56.6 Å². The molecule has 0 radical (unpaired) electrons. The molecule has 0 aliphatic carbocycles. The number of fused-ring (bicyclic) bond motifs is 1. The van der Waals surface area contributed by atoms with E-state index in [2.05, 4.69) is 20.2 Å². The predicted octanol–water partition coefficient (Wildman–Crippen LogP) is 5.40. The Kier molecular flexibility index (Phi) is 9.95. The first-order valence-corrected chi connectivity index (χ1v) is 13.0. The number of hydrogen-bond acceptors (Lipinski definition) is 9. The molecule has 0 fully saturated rings. The van der Waals surface area contributed by atoms with E-state index in [0.29, 0.717) is 64.2 Å². The predicted molar refractivity (Wildman–Crippen MR) is 158 cm³/mol. The molecule has 0 atom stereocenters. The Hall–Kier alpha value is -4.83. The van der Waals surface area contributed by atoms with Crippen molar-refractivity contribution >= 4 is 34.5 Å². The molecule has 3 aromatic carbocycles. The van der Waals surface area contributed by atoms with Crippen molar-refractivity contribution in [3.8, 4) is 23.0 Å². The molecular formula is C31H34N4O6. The van der Waals surface area contributed by atoms with E-state index in [4.69, 9.17) is 24.1 Å². The Balaban J connectivity index is 1.74. The number of rotatable bonds is 14. The van der Waals surface area contributed by atoms with Gasteiger partial charge < -0.3 is 34.3 Å². The second-order valence-corrected chi connectivity index (χ2v) is 9.42. The number of benzene rings is 3. The standard InChI is InChI=1S/C31H34N4O6/c1-35(2)13-8-14-40-27-17-23-24(18-26(27)38-3)32-20-33-31(23)34-25-15-22(11-12-29(36)37)16-28(39-4)30(25)41-19-21-9-6-5-7-10-21/h5-7,9-12,15-18,20H,8,13-14,19H2,1-4H3,(H,36,37)(H,32,33,34)/b12-11+. The summed E-state index contributed by atoms with van der Waals surface area (Å²) in [6.45, 7) is 1.71. The molecule has 0 aliphatic heterocycles. The van der Waals surface area contributed by atoms with Crippen LogP contribution in [-0.4, -0.2) is 67.4 Å². The second kappa shape index (κ2) is 14.0. The third-order valence-electron chi connectivity index (χ3n) is 6.12. The van der Waals surface area contributed by atoms with Gasteiger partial charge in [0.2, 0.25) is 0 Å². The molecule has 41 heavy (non-hydrogen) atoms. The minimum absolute atomic E-state index is 0.294. The lowest BCUT2D eigenvalue weighted by Gasteiger charge is -2.18. The number of aliphatic carboxylic acids is 1. The number of methoxy groups -OCH3 is 2. The fraction of sp³-hybridized carbons (Fsp3) is 0.258. The number of anilines is 2. The zero-order valence-corrected chi connectivity index (χ0v) is 23.6. The van der Waals surface area contributed by atoms with Crippen molar-refractivity contribution in [1.29, 1.82) is 0 Å². The molecule has 0 unspecified atom stereocenters. The first-order valence-electron chi connectivity index (χ1n) is 13.0. The van der Waals surface area contributed by atoms with Gasteiger partial charge >= 0.3 is 5.97 Å². The number of carboxylic acids is 1. The summed E-state index contributed by atoms with van der Waals surface area (Å²) in [5.41, 5.74) is 2.77. The van der Waals surface area contributed by atoms with Gasteiger partial charge in [0.25, 0.3) is 0 Å². The summed E-state index contributed by atoms with van der Waals surface area (Å²) < 4.78 is 23.5. The molecule has 4 aromatic rings. The van der Waals surface area contributed by atoms with Crippen LogP contribution in [-0.2, 0) is 11.4 Å². The van der Waals surface area contributed by atoms with Gasteiger partial charge in [-0.15, -0.1) is 0 Å². The van der Waals surface area contributed by atoms with Gasteiger partial charge in [0.05, 0.1) is 32.0 Å². The van der Waals surface area contributed by atoms with Gasteiger partial charge in [0.15, 0.2) is 23.0 Å². The average Bonchev–Trinajstić information content (AvgIpc) is 2.97. The van der Waals surface area contributed by atoms with Gasteiger partial charge in [-0.05, 0) is 55.9 Å². The molecule has 2 N–H and O–H groups in total. The number of hydrogen-bond donors (Lipinski definition) is 2. The lowest BCUT2D eigenvalue weighted by molar-refractivity contribution is -0.131. The van der Waals surface area contributed by atoms with Crippen molar-refractivity contribution in [2.45, 2.75) is 13.0 Å². The van der Waals surface area contributed by atoms with Gasteiger partial charge in [0, 0.05) is 24.1 Å². The monoisotopic (exact) mass is 558 g/mol. The van der Waals surface area contributed by atoms with Gasteiger partial charge in [-0.3, -0.25) is 0 Å². The summed E-state index contributed by atoms with van der Waals surface area (Å²) in [6.07, 6.45) is 4.86. The normalized spacial score (nSPS) is 11.1. The van der Waals surface area contributed by atoms with E-state index in [1.165, 1.54) is 19.5 Å². The fourth-order valence-corrected chi connectivity index (χ4v) is 4.14. The average molecular weight is 559 g/mol. The maximum absolute atomic E-state index is 11.2. The second-order valence-electron chi connectivity index (χ2n) is 9.42. The van der Waals surface area contributed by atoms with Gasteiger partial charge in [-0.2, -0.15) is 0 Å². The van der Waals surface area contributed by atoms with E-state index in [9.17, 15) is 4.79 Å². The highest BCUT2D eigenvalue weighted by molar-refractivity contribution is 5.94. The van der Waals surface area contributed by atoms with E-state index in [-0.39, 0.29) is 0 Å². The lowest BCUT2D eigenvalue weighted by Crippen LogP contribution is -2.15. The van der Waals surface area contributed by atoms with E-state index >= 15 is 0 Å². The van der Waals surface area contributed by atoms with Gasteiger partial charge in [-0.25, -0.2) is 14.8 Å². The van der Waals surface area contributed by atoms with E-state index < -0.39 is 5.97 Å². The van der Waals surface area contributed by atoms with Crippen LogP contribution in [0.25, 0.3) is 17.0 Å². The first kappa shape index (κ1) is 29.2. The summed E-state index contributed by atoms with van der Waals surface area (Å²) in [5, 5.41) is 13.2. The van der Waals surface area contributed by atoms with Crippen LogP contribution < -0.4 is 24.3 Å². The topological polar surface area (TPSA) is 115 Å². The third kappa shape index (κ3) is 7.86. The molecule has 0 aliphatic rings. The van der Waals surface area contributed by atoms with Crippen LogP contribution in [0.15, 0.2) is 67.0 Å². The number of carboxylic acid groups (broad SMARTS) is 1. The zero-order chi connectivity index (χ0) is 29.2. The highest BCUT2D eigenvalue weighted by atomic mass is 16.5. The largest absolute Gasteiger partial charge is 0.493 e. The van der Waals surface area contributed by atoms with Crippen molar-refractivity contribution in [2.75, 3.05) is 46.8 Å². The van der Waals surface area contributed by atoms with Crippen LogP contribution in [0.1, 0.15) is 17.5 Å².